The van der Waals surface area contributed by atoms with Crippen molar-refractivity contribution in [3.05, 3.63) is 24.0 Å². The molecule has 2 aromatic rings. The summed E-state index contributed by atoms with van der Waals surface area (Å²) in [5.41, 5.74) is 6.96. The molecule has 9 heteroatoms. The number of carbonyl (C=O) groups excluding carboxylic acids is 3. The first kappa shape index (κ1) is 21.8. The van der Waals surface area contributed by atoms with Gasteiger partial charge in [0.15, 0.2) is 0 Å². The summed E-state index contributed by atoms with van der Waals surface area (Å²) in [6.07, 6.45) is 3.08. The maximum atomic E-state index is 12.4. The Hall–Kier alpha value is -2.94. The summed E-state index contributed by atoms with van der Waals surface area (Å²) < 4.78 is 5.31. The van der Waals surface area contributed by atoms with E-state index in [-0.39, 0.29) is 18.2 Å². The number of ether oxygens (including phenoxy) is 1. The highest BCUT2D eigenvalue weighted by atomic mass is 16.6. The Bertz CT molecular complexity index is 941. The van der Waals surface area contributed by atoms with Gasteiger partial charge in [-0.05, 0) is 58.2 Å². The molecule has 162 valence electrons. The molecule has 0 spiro atoms. The second-order valence-electron chi connectivity index (χ2n) is 8.56. The molecule has 0 saturated carbocycles. The minimum Gasteiger partial charge on any atom is -0.454 e. The van der Waals surface area contributed by atoms with Gasteiger partial charge in [-0.3, -0.25) is 9.59 Å². The second-order valence-corrected chi connectivity index (χ2v) is 8.56. The zero-order valence-electron chi connectivity index (χ0n) is 17.7. The van der Waals surface area contributed by atoms with Gasteiger partial charge in [-0.2, -0.15) is 0 Å². The number of amides is 2. The topological polar surface area (TPSA) is 130 Å². The van der Waals surface area contributed by atoms with Gasteiger partial charge in [0.2, 0.25) is 17.6 Å². The summed E-state index contributed by atoms with van der Waals surface area (Å²) in [5, 5.41) is 2.72. The van der Waals surface area contributed by atoms with E-state index in [4.69, 9.17) is 10.5 Å². The number of likely N-dealkylation sites (tertiary alicyclic amines) is 1. The first-order chi connectivity index (χ1) is 14.1. The van der Waals surface area contributed by atoms with Gasteiger partial charge in [-0.1, -0.05) is 0 Å². The van der Waals surface area contributed by atoms with E-state index in [0.29, 0.717) is 16.7 Å². The molecule has 3 rings (SSSR count). The largest absolute Gasteiger partial charge is 0.454 e. The predicted octanol–water partition coefficient (Wildman–Crippen LogP) is 2.19. The lowest BCUT2D eigenvalue weighted by Crippen LogP contribution is -2.43. The molecule has 0 radical (unpaired) electrons. The van der Waals surface area contributed by atoms with Gasteiger partial charge in [0, 0.05) is 18.8 Å². The zero-order chi connectivity index (χ0) is 21.9. The van der Waals surface area contributed by atoms with Gasteiger partial charge in [-0.25, -0.2) is 9.78 Å². The Balaban J connectivity index is 1.62. The number of nitrogens with zero attached hydrogens (tertiary/aromatic N) is 2. The number of H-pyrrole nitrogens is 1. The molecule has 9 nitrogen and oxygen atoms in total. The Morgan fingerprint density at radius 3 is 2.60 bits per heavy atom. The van der Waals surface area contributed by atoms with Crippen LogP contribution in [-0.2, 0) is 14.3 Å². The molecular weight excluding hydrogens is 386 g/mol. The number of aromatic amines is 1. The second kappa shape index (κ2) is 8.83. The van der Waals surface area contributed by atoms with E-state index in [0.717, 1.165) is 32.4 Å². The number of fused-ring (bicyclic) bond motifs is 1. The molecule has 1 fully saturated rings. The Morgan fingerprint density at radius 1 is 1.23 bits per heavy atom. The number of nitrogens with two attached hydrogens (primary N) is 1. The first-order valence-corrected chi connectivity index (χ1v) is 10.2. The lowest BCUT2D eigenvalue weighted by atomic mass is 10.1. The number of carbonyl (C=O) groups is 3. The van der Waals surface area contributed by atoms with Gasteiger partial charge < -0.3 is 25.7 Å². The maximum absolute atomic E-state index is 12.4. The molecule has 0 aliphatic carbocycles. The van der Waals surface area contributed by atoms with Crippen LogP contribution in [0.2, 0.25) is 0 Å². The molecule has 30 heavy (non-hydrogen) atoms. The minimum atomic E-state index is -0.936. The molecule has 1 atom stereocenters. The smallest absolute Gasteiger partial charge is 0.374 e. The van der Waals surface area contributed by atoms with Crippen LogP contribution in [0.1, 0.15) is 57.1 Å². The van der Waals surface area contributed by atoms with Gasteiger partial charge >= 0.3 is 5.97 Å². The molecule has 1 saturated heterocycles. The average molecular weight is 415 g/mol. The molecule has 0 unspecified atom stereocenters. The number of aromatic nitrogens is 2. The predicted molar refractivity (Wildman–Crippen MR) is 113 cm³/mol. The summed E-state index contributed by atoms with van der Waals surface area (Å²) in [6.45, 7) is 6.79. The number of rotatable bonds is 5. The van der Waals surface area contributed by atoms with Gasteiger partial charge in [0.25, 0.3) is 0 Å². The number of piperidine rings is 1. The number of anilines is 1. The normalized spacial score (nSPS) is 15.7. The fourth-order valence-corrected chi connectivity index (χ4v) is 3.30. The number of esters is 1. The van der Waals surface area contributed by atoms with Crippen molar-refractivity contribution in [1.29, 1.82) is 0 Å². The van der Waals surface area contributed by atoms with E-state index in [1.807, 2.05) is 0 Å². The van der Waals surface area contributed by atoms with Gasteiger partial charge in [0.1, 0.15) is 5.60 Å². The number of hydrogen-bond donors (Lipinski definition) is 3. The van der Waals surface area contributed by atoms with Crippen LogP contribution in [0, 0.1) is 0 Å². The summed E-state index contributed by atoms with van der Waals surface area (Å²) in [7, 11) is 0. The van der Waals surface area contributed by atoms with Crippen molar-refractivity contribution >= 4 is 34.5 Å². The fourth-order valence-electron chi connectivity index (χ4n) is 3.30. The lowest BCUT2D eigenvalue weighted by Gasteiger charge is -2.27. The van der Waals surface area contributed by atoms with Crippen molar-refractivity contribution < 1.29 is 19.1 Å². The Kier molecular flexibility index (Phi) is 6.40. The molecule has 1 aromatic heterocycles. The lowest BCUT2D eigenvalue weighted by molar-refractivity contribution is -0.134. The van der Waals surface area contributed by atoms with Crippen LogP contribution in [-0.4, -0.2) is 57.4 Å². The molecule has 4 N–H and O–H groups in total. The zero-order valence-corrected chi connectivity index (χ0v) is 17.7. The van der Waals surface area contributed by atoms with E-state index in [1.54, 1.807) is 43.9 Å². The van der Waals surface area contributed by atoms with Gasteiger partial charge in [-0.15, -0.1) is 0 Å². The van der Waals surface area contributed by atoms with E-state index in [1.165, 1.54) is 0 Å². The number of benzene rings is 1. The van der Waals surface area contributed by atoms with Crippen LogP contribution in [0.5, 0.6) is 0 Å². The van der Waals surface area contributed by atoms with Crippen LogP contribution in [0.4, 0.5) is 5.69 Å². The Labute approximate surface area is 175 Å². The summed E-state index contributed by atoms with van der Waals surface area (Å²) in [4.78, 5) is 45.8. The van der Waals surface area contributed by atoms with E-state index in [2.05, 4.69) is 15.3 Å². The SMILES string of the molecule is CC(C)(C)OC(=O)c1nc2ccc(NC(=O)[C@@H](N)CC(=O)N3CCCCC3)cc2[nH]1. The van der Waals surface area contributed by atoms with Crippen molar-refractivity contribution in [2.75, 3.05) is 18.4 Å². The monoisotopic (exact) mass is 415 g/mol. The quantitative estimate of drug-likeness (QED) is 0.642. The van der Waals surface area contributed by atoms with Crippen molar-refractivity contribution in [2.45, 2.75) is 58.1 Å². The summed E-state index contributed by atoms with van der Waals surface area (Å²) >= 11 is 0. The van der Waals surface area contributed by atoms with Crippen LogP contribution >= 0.6 is 0 Å². The van der Waals surface area contributed by atoms with Crippen LogP contribution < -0.4 is 11.1 Å². The van der Waals surface area contributed by atoms with Crippen LogP contribution in [0.25, 0.3) is 11.0 Å². The molecule has 2 amide bonds. The molecule has 1 aliphatic heterocycles. The molecule has 0 bridgehead atoms. The third-order valence-electron chi connectivity index (χ3n) is 4.78. The molecule has 2 heterocycles. The van der Waals surface area contributed by atoms with Gasteiger partial charge in [0.05, 0.1) is 23.5 Å². The van der Waals surface area contributed by atoms with E-state index in [9.17, 15) is 14.4 Å². The summed E-state index contributed by atoms with van der Waals surface area (Å²) in [6, 6.07) is 4.07. The average Bonchev–Trinajstić information content (AvgIpc) is 3.11. The fraction of sp³-hybridized carbons (Fsp3) is 0.524. The highest BCUT2D eigenvalue weighted by Gasteiger charge is 2.24. The van der Waals surface area contributed by atoms with Crippen molar-refractivity contribution in [3.8, 4) is 0 Å². The highest BCUT2D eigenvalue weighted by molar-refractivity contribution is 5.99. The third kappa shape index (κ3) is 5.56. The van der Waals surface area contributed by atoms with E-state index < -0.39 is 23.5 Å². The van der Waals surface area contributed by atoms with Crippen LogP contribution in [0.3, 0.4) is 0 Å². The Morgan fingerprint density at radius 2 is 1.93 bits per heavy atom. The number of nitrogens with one attached hydrogen (secondary N) is 2. The van der Waals surface area contributed by atoms with Crippen molar-refractivity contribution in [3.63, 3.8) is 0 Å². The summed E-state index contributed by atoms with van der Waals surface area (Å²) in [5.74, 6) is -0.996. The first-order valence-electron chi connectivity index (χ1n) is 10.2. The van der Waals surface area contributed by atoms with Crippen molar-refractivity contribution in [1.82, 2.24) is 14.9 Å². The molecule has 1 aromatic carbocycles. The number of imidazole rings is 1. The molecular formula is C21H29N5O4. The van der Waals surface area contributed by atoms with E-state index >= 15 is 0 Å². The maximum Gasteiger partial charge on any atom is 0.374 e. The van der Waals surface area contributed by atoms with Crippen LogP contribution in [0.15, 0.2) is 18.2 Å². The third-order valence-corrected chi connectivity index (χ3v) is 4.78. The number of hydrogen-bond acceptors (Lipinski definition) is 6. The molecule has 1 aliphatic rings. The van der Waals surface area contributed by atoms with Crippen molar-refractivity contribution in [2.24, 2.45) is 5.73 Å². The minimum absolute atomic E-state index is 0.0269. The standard InChI is InChI=1S/C21H29N5O4/c1-21(2,3)30-20(29)18-24-15-8-7-13(11-16(15)25-18)23-19(28)14(22)12-17(27)26-9-5-4-6-10-26/h7-8,11,14H,4-6,9-10,12,22H2,1-3H3,(H,23,28)(H,24,25)/t14-/m0/s1. The highest BCUT2D eigenvalue weighted by Crippen LogP contribution is 2.19.